The monoisotopic (exact) mass is 364 g/mol. The number of hydrogen-bond acceptors (Lipinski definition) is 5. The lowest BCUT2D eigenvalue weighted by Crippen LogP contribution is -2.41. The molecule has 1 saturated carbocycles. The topological polar surface area (TPSA) is 63.3 Å². The van der Waals surface area contributed by atoms with Crippen LogP contribution in [0.1, 0.15) is 26.7 Å². The number of hydrogen-bond donors (Lipinski definition) is 1. The first-order valence-electron chi connectivity index (χ1n) is 9.60. The van der Waals surface area contributed by atoms with Crippen LogP contribution in [0.5, 0.6) is 5.75 Å². The first-order valence-corrected chi connectivity index (χ1v) is 9.60. The number of morpholine rings is 1. The van der Waals surface area contributed by atoms with Gasteiger partial charge in [-0.3, -0.25) is 5.10 Å². The lowest BCUT2D eigenvalue weighted by atomic mass is 10.1. The Bertz CT molecular complexity index is 979. The van der Waals surface area contributed by atoms with Gasteiger partial charge in [0.1, 0.15) is 17.2 Å². The average molecular weight is 364 g/mol. The maximum atomic E-state index is 6.14. The summed E-state index contributed by atoms with van der Waals surface area (Å²) < 4.78 is 11.8. The van der Waals surface area contributed by atoms with Crippen molar-refractivity contribution in [1.82, 2.24) is 15.2 Å². The molecule has 2 aliphatic rings. The molecule has 0 amide bonds. The van der Waals surface area contributed by atoms with Gasteiger partial charge in [-0.05, 0) is 57.0 Å². The number of fused-ring (bicyclic) bond motifs is 1. The maximum Gasteiger partial charge on any atom is 0.129 e. The van der Waals surface area contributed by atoms with Crippen LogP contribution in [0.3, 0.4) is 0 Å². The number of nitrogens with zero attached hydrogens (tertiary/aromatic N) is 3. The summed E-state index contributed by atoms with van der Waals surface area (Å²) in [4.78, 5) is 6.85. The Morgan fingerprint density at radius 3 is 2.96 bits per heavy atom. The molecule has 3 heterocycles. The van der Waals surface area contributed by atoms with Crippen molar-refractivity contribution >= 4 is 16.7 Å². The van der Waals surface area contributed by atoms with Gasteiger partial charge in [0.25, 0.3) is 0 Å². The van der Waals surface area contributed by atoms with Crippen LogP contribution in [0.4, 0.5) is 5.82 Å². The number of H-pyrrole nitrogens is 1. The SMILES string of the molecule is C[C@@H]1CN(c2cc(-c3[nH]nc4ccc(OC5(C)CC5)cc34)ccn2)CCO1. The minimum absolute atomic E-state index is 0.00837. The van der Waals surface area contributed by atoms with Gasteiger partial charge in [0.15, 0.2) is 0 Å². The molecule has 5 rings (SSSR count). The van der Waals surface area contributed by atoms with Gasteiger partial charge >= 0.3 is 0 Å². The molecule has 1 aliphatic heterocycles. The maximum absolute atomic E-state index is 6.14. The van der Waals surface area contributed by atoms with Gasteiger partial charge in [-0.15, -0.1) is 0 Å². The highest BCUT2D eigenvalue weighted by molar-refractivity contribution is 5.94. The molecule has 6 nitrogen and oxygen atoms in total. The number of pyridine rings is 1. The van der Waals surface area contributed by atoms with Gasteiger partial charge < -0.3 is 14.4 Å². The second-order valence-corrected chi connectivity index (χ2v) is 7.86. The van der Waals surface area contributed by atoms with Gasteiger partial charge in [-0.25, -0.2) is 4.98 Å². The van der Waals surface area contributed by atoms with Crippen molar-refractivity contribution in [1.29, 1.82) is 0 Å². The minimum Gasteiger partial charge on any atom is -0.488 e. The van der Waals surface area contributed by atoms with E-state index in [9.17, 15) is 0 Å². The van der Waals surface area contributed by atoms with Gasteiger partial charge in [0.2, 0.25) is 0 Å². The number of rotatable bonds is 4. The average Bonchev–Trinajstić information content (AvgIpc) is 3.25. The fraction of sp³-hybridized carbons (Fsp3) is 0.429. The van der Waals surface area contributed by atoms with Gasteiger partial charge in [-0.1, -0.05) is 0 Å². The second-order valence-electron chi connectivity index (χ2n) is 7.86. The Hall–Kier alpha value is -2.60. The summed E-state index contributed by atoms with van der Waals surface area (Å²) in [5.41, 5.74) is 3.03. The Morgan fingerprint density at radius 2 is 2.15 bits per heavy atom. The lowest BCUT2D eigenvalue weighted by Gasteiger charge is -2.32. The highest BCUT2D eigenvalue weighted by atomic mass is 16.5. The zero-order chi connectivity index (χ0) is 18.4. The largest absolute Gasteiger partial charge is 0.488 e. The van der Waals surface area contributed by atoms with E-state index in [0.29, 0.717) is 0 Å². The Kier molecular flexibility index (Phi) is 3.82. The van der Waals surface area contributed by atoms with Gasteiger partial charge in [-0.2, -0.15) is 5.10 Å². The molecule has 3 aromatic rings. The number of nitrogens with one attached hydrogen (secondary N) is 1. The van der Waals surface area contributed by atoms with Crippen molar-refractivity contribution in [2.24, 2.45) is 0 Å². The van der Waals surface area contributed by atoms with E-state index in [1.54, 1.807) is 0 Å². The van der Waals surface area contributed by atoms with E-state index < -0.39 is 0 Å². The van der Waals surface area contributed by atoms with Crippen molar-refractivity contribution < 1.29 is 9.47 Å². The normalized spacial score (nSPS) is 21.4. The summed E-state index contributed by atoms with van der Waals surface area (Å²) in [5.74, 6) is 1.88. The highest BCUT2D eigenvalue weighted by Gasteiger charge is 2.40. The smallest absolute Gasteiger partial charge is 0.129 e. The third kappa shape index (κ3) is 3.25. The van der Waals surface area contributed by atoms with Crippen LogP contribution in [0.15, 0.2) is 36.5 Å². The zero-order valence-corrected chi connectivity index (χ0v) is 15.7. The predicted molar refractivity (Wildman–Crippen MR) is 105 cm³/mol. The minimum atomic E-state index is 0.00837. The summed E-state index contributed by atoms with van der Waals surface area (Å²) in [6.07, 6.45) is 4.33. The number of ether oxygens (including phenoxy) is 2. The van der Waals surface area contributed by atoms with Gasteiger partial charge in [0.05, 0.1) is 23.9 Å². The third-order valence-corrected chi connectivity index (χ3v) is 5.44. The molecule has 0 unspecified atom stereocenters. The summed E-state index contributed by atoms with van der Waals surface area (Å²) in [6.45, 7) is 6.71. The molecule has 1 saturated heterocycles. The van der Waals surface area contributed by atoms with E-state index in [2.05, 4.69) is 46.1 Å². The molecule has 1 aromatic carbocycles. The number of aromatic amines is 1. The molecule has 0 bridgehead atoms. The summed E-state index contributed by atoms with van der Waals surface area (Å²) >= 11 is 0. The van der Waals surface area contributed by atoms with E-state index in [0.717, 1.165) is 66.3 Å². The van der Waals surface area contributed by atoms with E-state index in [-0.39, 0.29) is 11.7 Å². The fourth-order valence-corrected chi connectivity index (χ4v) is 3.61. The Balaban J connectivity index is 1.49. The van der Waals surface area contributed by atoms with Crippen LogP contribution in [-0.2, 0) is 4.74 Å². The fourth-order valence-electron chi connectivity index (χ4n) is 3.61. The van der Waals surface area contributed by atoms with Crippen molar-refractivity contribution in [3.63, 3.8) is 0 Å². The van der Waals surface area contributed by atoms with E-state index in [1.807, 2.05) is 24.4 Å². The molecule has 2 fully saturated rings. The molecule has 2 aromatic heterocycles. The summed E-state index contributed by atoms with van der Waals surface area (Å²) in [7, 11) is 0. The Labute approximate surface area is 158 Å². The number of benzene rings is 1. The second kappa shape index (κ2) is 6.23. The Morgan fingerprint density at radius 1 is 1.26 bits per heavy atom. The molecular formula is C21H24N4O2. The summed E-state index contributed by atoms with van der Waals surface area (Å²) in [6, 6.07) is 10.3. The van der Waals surface area contributed by atoms with E-state index in [4.69, 9.17) is 9.47 Å². The third-order valence-electron chi connectivity index (χ3n) is 5.44. The van der Waals surface area contributed by atoms with Crippen LogP contribution >= 0.6 is 0 Å². The van der Waals surface area contributed by atoms with E-state index in [1.165, 1.54) is 0 Å². The predicted octanol–water partition coefficient (Wildman–Crippen LogP) is 3.78. The van der Waals surface area contributed by atoms with Crippen molar-refractivity contribution in [2.45, 2.75) is 38.4 Å². The molecular weight excluding hydrogens is 340 g/mol. The quantitative estimate of drug-likeness (QED) is 0.763. The van der Waals surface area contributed by atoms with Gasteiger partial charge in [0, 0.05) is 30.2 Å². The molecule has 1 N–H and O–H groups in total. The molecule has 6 heteroatoms. The molecule has 27 heavy (non-hydrogen) atoms. The van der Waals surface area contributed by atoms with Crippen LogP contribution in [0.25, 0.3) is 22.2 Å². The van der Waals surface area contributed by atoms with Crippen molar-refractivity contribution in [2.75, 3.05) is 24.6 Å². The van der Waals surface area contributed by atoms with Crippen LogP contribution in [0.2, 0.25) is 0 Å². The molecule has 1 atom stereocenters. The van der Waals surface area contributed by atoms with Crippen molar-refractivity contribution in [3.05, 3.63) is 36.5 Å². The molecule has 140 valence electrons. The van der Waals surface area contributed by atoms with Crippen LogP contribution < -0.4 is 9.64 Å². The van der Waals surface area contributed by atoms with E-state index >= 15 is 0 Å². The number of aromatic nitrogens is 3. The first-order chi connectivity index (χ1) is 13.1. The van der Waals surface area contributed by atoms with Crippen molar-refractivity contribution in [3.8, 4) is 17.0 Å². The summed E-state index contributed by atoms with van der Waals surface area (Å²) in [5, 5.41) is 8.74. The molecule has 0 radical (unpaired) electrons. The molecule has 0 spiro atoms. The standard InChI is InChI=1S/C21H24N4O2/c1-14-13-25(9-10-26-14)19-11-15(5-8-22-19)20-17-12-16(27-21(2)6-7-21)3-4-18(17)23-24-20/h3-5,8,11-12,14H,6-7,9-10,13H2,1-2H3,(H,23,24)/t14-/m1/s1. The first kappa shape index (κ1) is 16.6. The number of anilines is 1. The van der Waals surface area contributed by atoms with Crippen LogP contribution in [0, 0.1) is 0 Å². The van der Waals surface area contributed by atoms with Crippen LogP contribution in [-0.4, -0.2) is 46.6 Å². The highest BCUT2D eigenvalue weighted by Crippen LogP contribution is 2.40. The zero-order valence-electron chi connectivity index (χ0n) is 15.7. The molecule has 1 aliphatic carbocycles. The lowest BCUT2D eigenvalue weighted by molar-refractivity contribution is 0.0529.